The third kappa shape index (κ3) is 2.93. The van der Waals surface area contributed by atoms with Gasteiger partial charge in [-0.3, -0.25) is 15.1 Å². The Morgan fingerprint density at radius 2 is 2.28 bits per heavy atom. The quantitative estimate of drug-likeness (QED) is 0.809. The fourth-order valence-corrected chi connectivity index (χ4v) is 1.92. The Bertz CT molecular complexity index is 437. The SMILES string of the molecule is O=C(O)C1CCCN(C(=O)Nc2cnccn2)C1. The van der Waals surface area contributed by atoms with Crippen LogP contribution >= 0.6 is 0 Å². The molecule has 1 aliphatic heterocycles. The van der Waals surface area contributed by atoms with E-state index < -0.39 is 11.9 Å². The first-order valence-electron chi connectivity index (χ1n) is 5.71. The van der Waals surface area contributed by atoms with Crippen molar-refractivity contribution in [2.45, 2.75) is 12.8 Å². The third-order valence-corrected chi connectivity index (χ3v) is 2.86. The van der Waals surface area contributed by atoms with Crippen LogP contribution in [0, 0.1) is 5.92 Å². The van der Waals surface area contributed by atoms with E-state index in [0.29, 0.717) is 25.2 Å². The van der Waals surface area contributed by atoms with E-state index in [1.807, 2.05) is 0 Å². The van der Waals surface area contributed by atoms with Crippen molar-refractivity contribution in [1.29, 1.82) is 0 Å². The molecule has 2 rings (SSSR count). The van der Waals surface area contributed by atoms with Crippen molar-refractivity contribution in [3.63, 3.8) is 0 Å². The lowest BCUT2D eigenvalue weighted by molar-refractivity contribution is -0.143. The summed E-state index contributed by atoms with van der Waals surface area (Å²) in [4.78, 5) is 32.1. The van der Waals surface area contributed by atoms with Gasteiger partial charge in [0, 0.05) is 25.5 Å². The number of carboxylic acids is 1. The largest absolute Gasteiger partial charge is 0.481 e. The first kappa shape index (κ1) is 12.3. The number of aliphatic carboxylic acids is 1. The van der Waals surface area contributed by atoms with Gasteiger partial charge >= 0.3 is 12.0 Å². The summed E-state index contributed by atoms with van der Waals surface area (Å²) in [5.41, 5.74) is 0. The number of hydrogen-bond acceptors (Lipinski definition) is 4. The van der Waals surface area contributed by atoms with E-state index in [-0.39, 0.29) is 12.6 Å². The van der Waals surface area contributed by atoms with Gasteiger partial charge in [0.1, 0.15) is 0 Å². The van der Waals surface area contributed by atoms with Crippen LogP contribution < -0.4 is 5.32 Å². The van der Waals surface area contributed by atoms with E-state index in [2.05, 4.69) is 15.3 Å². The minimum Gasteiger partial charge on any atom is -0.481 e. The van der Waals surface area contributed by atoms with E-state index in [1.165, 1.54) is 23.5 Å². The minimum absolute atomic E-state index is 0.238. The van der Waals surface area contributed by atoms with Gasteiger partial charge in [0.2, 0.25) is 0 Å². The maximum atomic E-state index is 11.9. The first-order chi connectivity index (χ1) is 8.66. The number of nitrogens with one attached hydrogen (secondary N) is 1. The molecule has 1 aliphatic rings. The van der Waals surface area contributed by atoms with Crippen LogP contribution in [-0.4, -0.2) is 45.1 Å². The van der Waals surface area contributed by atoms with Crippen molar-refractivity contribution in [3.05, 3.63) is 18.6 Å². The lowest BCUT2D eigenvalue weighted by Gasteiger charge is -2.30. The molecule has 18 heavy (non-hydrogen) atoms. The molecular formula is C11H14N4O3. The first-order valence-corrected chi connectivity index (χ1v) is 5.71. The number of carbonyl (C=O) groups is 2. The number of likely N-dealkylation sites (tertiary alicyclic amines) is 1. The summed E-state index contributed by atoms with van der Waals surface area (Å²) in [6.45, 7) is 0.803. The van der Waals surface area contributed by atoms with Gasteiger partial charge in [-0.25, -0.2) is 9.78 Å². The summed E-state index contributed by atoms with van der Waals surface area (Å²) < 4.78 is 0. The number of carbonyl (C=O) groups excluding carboxylic acids is 1. The van der Waals surface area contributed by atoms with Gasteiger partial charge in [-0.05, 0) is 12.8 Å². The van der Waals surface area contributed by atoms with Crippen LogP contribution in [0.15, 0.2) is 18.6 Å². The van der Waals surface area contributed by atoms with Crippen molar-refractivity contribution < 1.29 is 14.7 Å². The highest BCUT2D eigenvalue weighted by atomic mass is 16.4. The average Bonchev–Trinajstić information content (AvgIpc) is 2.40. The molecule has 96 valence electrons. The molecule has 7 heteroatoms. The molecule has 0 spiro atoms. The highest BCUT2D eigenvalue weighted by Crippen LogP contribution is 2.17. The molecule has 1 atom stereocenters. The summed E-state index contributed by atoms with van der Waals surface area (Å²) in [5, 5.41) is 11.5. The predicted molar refractivity (Wildman–Crippen MR) is 63.0 cm³/mol. The van der Waals surface area contributed by atoms with Gasteiger partial charge in [-0.2, -0.15) is 0 Å². The number of hydrogen-bond donors (Lipinski definition) is 2. The van der Waals surface area contributed by atoms with E-state index in [4.69, 9.17) is 5.11 Å². The minimum atomic E-state index is -0.855. The normalized spacial score (nSPS) is 19.3. The topological polar surface area (TPSA) is 95.4 Å². The van der Waals surface area contributed by atoms with Crippen LogP contribution in [0.1, 0.15) is 12.8 Å². The predicted octanol–water partition coefficient (Wildman–Crippen LogP) is 0.805. The van der Waals surface area contributed by atoms with Gasteiger partial charge < -0.3 is 10.0 Å². The highest BCUT2D eigenvalue weighted by Gasteiger charge is 2.28. The summed E-state index contributed by atoms with van der Waals surface area (Å²) >= 11 is 0. The zero-order chi connectivity index (χ0) is 13.0. The van der Waals surface area contributed by atoms with Crippen LogP contribution in [0.4, 0.5) is 10.6 Å². The lowest BCUT2D eigenvalue weighted by atomic mass is 9.99. The molecule has 2 N–H and O–H groups in total. The number of amides is 2. The zero-order valence-corrected chi connectivity index (χ0v) is 9.74. The number of nitrogens with zero attached hydrogens (tertiary/aromatic N) is 3. The second-order valence-electron chi connectivity index (χ2n) is 4.14. The number of carboxylic acid groups (broad SMARTS) is 1. The van der Waals surface area contributed by atoms with Crippen LogP contribution in [0.3, 0.4) is 0 Å². The molecule has 7 nitrogen and oxygen atoms in total. The van der Waals surface area contributed by atoms with Gasteiger partial charge in [0.05, 0.1) is 12.1 Å². The molecule has 2 heterocycles. The number of aromatic nitrogens is 2. The fraction of sp³-hybridized carbons (Fsp3) is 0.455. The number of anilines is 1. The van der Waals surface area contributed by atoms with Crippen molar-refractivity contribution in [2.75, 3.05) is 18.4 Å². The van der Waals surface area contributed by atoms with Gasteiger partial charge in [-0.15, -0.1) is 0 Å². The number of rotatable bonds is 2. The molecule has 2 amide bonds. The van der Waals surface area contributed by atoms with Crippen molar-refractivity contribution >= 4 is 17.8 Å². The molecule has 1 fully saturated rings. The van der Waals surface area contributed by atoms with E-state index in [9.17, 15) is 9.59 Å². The molecular weight excluding hydrogens is 236 g/mol. The van der Waals surface area contributed by atoms with E-state index in [1.54, 1.807) is 0 Å². The summed E-state index contributed by atoms with van der Waals surface area (Å²) in [5.74, 6) is -0.974. The summed E-state index contributed by atoms with van der Waals surface area (Å²) in [6.07, 6.45) is 5.74. The second kappa shape index (κ2) is 5.44. The number of piperidine rings is 1. The summed E-state index contributed by atoms with van der Waals surface area (Å²) in [7, 11) is 0. The van der Waals surface area contributed by atoms with Crippen molar-refractivity contribution in [1.82, 2.24) is 14.9 Å². The van der Waals surface area contributed by atoms with Gasteiger partial charge in [0.15, 0.2) is 5.82 Å². The molecule has 0 bridgehead atoms. The van der Waals surface area contributed by atoms with Crippen LogP contribution in [0.2, 0.25) is 0 Å². The molecule has 1 saturated heterocycles. The maximum Gasteiger partial charge on any atom is 0.323 e. The monoisotopic (exact) mass is 250 g/mol. The average molecular weight is 250 g/mol. The van der Waals surface area contributed by atoms with Crippen LogP contribution in [0.5, 0.6) is 0 Å². The summed E-state index contributed by atoms with van der Waals surface area (Å²) in [6, 6.07) is -0.332. The van der Waals surface area contributed by atoms with E-state index >= 15 is 0 Å². The Balaban J connectivity index is 1.95. The van der Waals surface area contributed by atoms with Gasteiger partial charge in [0.25, 0.3) is 0 Å². The van der Waals surface area contributed by atoms with Crippen molar-refractivity contribution in [2.24, 2.45) is 5.92 Å². The van der Waals surface area contributed by atoms with Crippen molar-refractivity contribution in [3.8, 4) is 0 Å². The van der Waals surface area contributed by atoms with Gasteiger partial charge in [-0.1, -0.05) is 0 Å². The standard InChI is InChI=1S/C11H14N4O3/c16-10(17)8-2-1-5-15(7-8)11(18)14-9-6-12-3-4-13-9/h3-4,6,8H,1-2,5,7H2,(H,16,17)(H,13,14,18). The van der Waals surface area contributed by atoms with Crippen LogP contribution in [-0.2, 0) is 4.79 Å². The maximum absolute atomic E-state index is 11.9. The fourth-order valence-electron chi connectivity index (χ4n) is 1.92. The smallest absolute Gasteiger partial charge is 0.323 e. The molecule has 1 aromatic rings. The lowest BCUT2D eigenvalue weighted by Crippen LogP contribution is -2.44. The Labute approximate surface area is 104 Å². The number of urea groups is 1. The molecule has 0 aromatic carbocycles. The molecule has 1 aromatic heterocycles. The Morgan fingerprint density at radius 1 is 1.44 bits per heavy atom. The zero-order valence-electron chi connectivity index (χ0n) is 9.74. The second-order valence-corrected chi connectivity index (χ2v) is 4.14. The molecule has 0 aliphatic carbocycles. The Kier molecular flexibility index (Phi) is 3.71. The Hall–Kier alpha value is -2.18. The highest BCUT2D eigenvalue weighted by molar-refractivity contribution is 5.88. The Morgan fingerprint density at radius 3 is 2.94 bits per heavy atom. The van der Waals surface area contributed by atoms with Crippen LogP contribution in [0.25, 0.3) is 0 Å². The molecule has 1 unspecified atom stereocenters. The third-order valence-electron chi connectivity index (χ3n) is 2.86. The molecule has 0 saturated carbocycles. The van der Waals surface area contributed by atoms with E-state index in [0.717, 1.165) is 0 Å². The molecule has 0 radical (unpaired) electrons.